The summed E-state index contributed by atoms with van der Waals surface area (Å²) in [6.07, 6.45) is -2.51. The number of likely N-dealkylation sites (tertiary alicyclic amines) is 1. The first-order valence-corrected chi connectivity index (χ1v) is 12.7. The molecule has 1 aromatic heterocycles. The Kier molecular flexibility index (Phi) is 8.43. The number of carboxylic acid groups (broad SMARTS) is 1. The van der Waals surface area contributed by atoms with Crippen LogP contribution in [-0.4, -0.2) is 63.3 Å². The topological polar surface area (TPSA) is 107 Å². The third-order valence-electron chi connectivity index (χ3n) is 7.12. The van der Waals surface area contributed by atoms with Crippen molar-refractivity contribution in [3.05, 3.63) is 70.4 Å². The van der Waals surface area contributed by atoms with Crippen LogP contribution in [0.4, 0.5) is 17.6 Å². The molecule has 3 N–H and O–H groups in total. The molecule has 8 nitrogen and oxygen atoms in total. The van der Waals surface area contributed by atoms with E-state index in [-0.39, 0.29) is 35.4 Å². The lowest BCUT2D eigenvalue weighted by Gasteiger charge is -2.34. The standard InChI is InChI=1S/C25H29FN4O2.C2HF3O2/c1-16(27-24(31)21-14-20(21)17-5-3-2-4-6-17)15-29-11-9-19(10-12-29)30-23-13-18(26)7-8-22(23)28-25(30)32;3-2(4,5)1(6)7/h2-8,13,16,19-21H,9-12,14-15H2,1H3,(H,27,31)(H,28,32);(H,6,7)/t16-,20-,21+;/m0./s1. The van der Waals surface area contributed by atoms with Crippen molar-refractivity contribution < 1.29 is 32.3 Å². The quantitative estimate of drug-likeness (QED) is 0.402. The van der Waals surface area contributed by atoms with Crippen LogP contribution in [0.5, 0.6) is 0 Å². The van der Waals surface area contributed by atoms with Gasteiger partial charge < -0.3 is 20.3 Å². The first kappa shape index (κ1) is 28.3. The zero-order chi connectivity index (χ0) is 28.3. The number of benzene rings is 2. The molecule has 2 fully saturated rings. The first-order valence-electron chi connectivity index (χ1n) is 12.7. The molecule has 3 atom stereocenters. The molecule has 5 rings (SSSR count). The van der Waals surface area contributed by atoms with Gasteiger partial charge in [-0.2, -0.15) is 13.2 Å². The molecule has 0 radical (unpaired) electrons. The number of carbonyl (C=O) groups excluding carboxylic acids is 1. The minimum Gasteiger partial charge on any atom is -0.475 e. The van der Waals surface area contributed by atoms with E-state index in [4.69, 9.17) is 9.90 Å². The average Bonchev–Trinajstić information content (AvgIpc) is 3.62. The smallest absolute Gasteiger partial charge is 0.475 e. The fourth-order valence-corrected chi connectivity index (χ4v) is 5.15. The number of piperidine rings is 1. The van der Waals surface area contributed by atoms with Gasteiger partial charge in [0, 0.05) is 37.6 Å². The van der Waals surface area contributed by atoms with Crippen LogP contribution in [0, 0.1) is 11.7 Å². The maximum atomic E-state index is 13.7. The van der Waals surface area contributed by atoms with Gasteiger partial charge in [0.15, 0.2) is 0 Å². The second-order valence-electron chi connectivity index (χ2n) is 10.1. The number of hydrogen-bond acceptors (Lipinski definition) is 4. The number of aromatic amines is 1. The lowest BCUT2D eigenvalue weighted by atomic mass is 10.0. The van der Waals surface area contributed by atoms with Crippen molar-refractivity contribution in [3.63, 3.8) is 0 Å². The molecule has 2 heterocycles. The molecule has 1 saturated carbocycles. The van der Waals surface area contributed by atoms with Crippen molar-refractivity contribution >= 4 is 22.9 Å². The van der Waals surface area contributed by atoms with Gasteiger partial charge in [0.2, 0.25) is 5.91 Å². The molecule has 3 aromatic rings. The third kappa shape index (κ3) is 7.05. The number of nitrogens with one attached hydrogen (secondary N) is 2. The molecule has 2 aliphatic rings. The van der Waals surface area contributed by atoms with Gasteiger partial charge in [-0.15, -0.1) is 0 Å². The zero-order valence-electron chi connectivity index (χ0n) is 21.2. The summed E-state index contributed by atoms with van der Waals surface area (Å²) in [5.41, 5.74) is 2.37. The van der Waals surface area contributed by atoms with Crippen molar-refractivity contribution in [3.8, 4) is 0 Å². The Hall–Kier alpha value is -3.67. The summed E-state index contributed by atoms with van der Waals surface area (Å²) in [5, 5.41) is 10.3. The number of carboxylic acids is 1. The number of nitrogens with zero attached hydrogens (tertiary/aromatic N) is 2. The summed E-state index contributed by atoms with van der Waals surface area (Å²) >= 11 is 0. The number of imidazole rings is 1. The summed E-state index contributed by atoms with van der Waals surface area (Å²) < 4.78 is 47.2. The van der Waals surface area contributed by atoms with Crippen molar-refractivity contribution in [2.45, 2.75) is 50.4 Å². The van der Waals surface area contributed by atoms with Gasteiger partial charge in [0.1, 0.15) is 5.82 Å². The fraction of sp³-hybridized carbons (Fsp3) is 0.444. The molecule has 210 valence electrons. The largest absolute Gasteiger partial charge is 0.490 e. The Morgan fingerprint density at radius 1 is 1.13 bits per heavy atom. The highest BCUT2D eigenvalue weighted by Crippen LogP contribution is 2.47. The fourth-order valence-electron chi connectivity index (χ4n) is 5.15. The van der Waals surface area contributed by atoms with Crippen LogP contribution in [0.2, 0.25) is 0 Å². The average molecular weight is 551 g/mol. The second kappa shape index (κ2) is 11.6. The highest BCUT2D eigenvalue weighted by Gasteiger charge is 2.44. The molecule has 2 aromatic carbocycles. The first-order chi connectivity index (χ1) is 18.4. The lowest BCUT2D eigenvalue weighted by molar-refractivity contribution is -0.192. The molecule has 12 heteroatoms. The Balaban J connectivity index is 0.000000448. The van der Waals surface area contributed by atoms with Gasteiger partial charge in [0.05, 0.1) is 11.0 Å². The van der Waals surface area contributed by atoms with E-state index in [0.717, 1.165) is 38.9 Å². The highest BCUT2D eigenvalue weighted by atomic mass is 19.4. The second-order valence-corrected chi connectivity index (χ2v) is 10.1. The third-order valence-corrected chi connectivity index (χ3v) is 7.12. The number of carbonyl (C=O) groups is 2. The van der Waals surface area contributed by atoms with Crippen LogP contribution in [0.25, 0.3) is 11.0 Å². The van der Waals surface area contributed by atoms with Gasteiger partial charge >= 0.3 is 17.8 Å². The number of halogens is 4. The van der Waals surface area contributed by atoms with Crippen LogP contribution in [0.1, 0.15) is 43.7 Å². The number of aliphatic carboxylic acids is 1. The summed E-state index contributed by atoms with van der Waals surface area (Å²) in [6, 6.07) is 14.8. The summed E-state index contributed by atoms with van der Waals surface area (Å²) in [4.78, 5) is 39.1. The van der Waals surface area contributed by atoms with Gasteiger partial charge in [-0.3, -0.25) is 9.36 Å². The van der Waals surface area contributed by atoms with Crippen LogP contribution >= 0.6 is 0 Å². The molecular formula is C27H30F4N4O4. The normalized spacial score (nSPS) is 20.6. The predicted octanol–water partition coefficient (Wildman–Crippen LogP) is 4.05. The van der Waals surface area contributed by atoms with Crippen LogP contribution in [0.15, 0.2) is 53.3 Å². The minimum absolute atomic E-state index is 0.0530. The van der Waals surface area contributed by atoms with Gasteiger partial charge in [-0.05, 0) is 55.9 Å². The molecule has 1 saturated heterocycles. The van der Waals surface area contributed by atoms with Gasteiger partial charge in [-0.25, -0.2) is 14.0 Å². The number of fused-ring (bicyclic) bond motifs is 1. The van der Waals surface area contributed by atoms with E-state index < -0.39 is 12.1 Å². The van der Waals surface area contributed by atoms with E-state index in [1.807, 2.05) is 18.2 Å². The van der Waals surface area contributed by atoms with Crippen LogP contribution < -0.4 is 11.0 Å². The maximum Gasteiger partial charge on any atom is 0.490 e. The number of rotatable bonds is 6. The SMILES string of the molecule is C[C@@H](CN1CCC(n2c(=O)[nH]c3ccc(F)cc32)CC1)NC(=O)[C@@H]1C[C@H]1c1ccccc1.O=C(O)C(F)(F)F. The van der Waals surface area contributed by atoms with Crippen molar-refractivity contribution in [1.82, 2.24) is 19.8 Å². The molecule has 1 aliphatic carbocycles. The minimum atomic E-state index is -5.08. The summed E-state index contributed by atoms with van der Waals surface area (Å²) in [5.74, 6) is -2.52. The van der Waals surface area contributed by atoms with E-state index >= 15 is 0 Å². The molecule has 39 heavy (non-hydrogen) atoms. The monoisotopic (exact) mass is 550 g/mol. The van der Waals surface area contributed by atoms with Crippen molar-refractivity contribution in [1.29, 1.82) is 0 Å². The molecule has 0 spiro atoms. The zero-order valence-corrected chi connectivity index (χ0v) is 21.2. The highest BCUT2D eigenvalue weighted by molar-refractivity contribution is 5.83. The molecule has 0 bridgehead atoms. The number of alkyl halides is 3. The van der Waals surface area contributed by atoms with Crippen LogP contribution in [-0.2, 0) is 9.59 Å². The molecule has 1 amide bonds. The Bertz CT molecular complexity index is 1360. The summed E-state index contributed by atoms with van der Waals surface area (Å²) in [7, 11) is 0. The Morgan fingerprint density at radius 2 is 1.77 bits per heavy atom. The van der Waals surface area contributed by atoms with E-state index in [0.29, 0.717) is 17.0 Å². The number of H-pyrrole nitrogens is 1. The van der Waals surface area contributed by atoms with Crippen molar-refractivity contribution in [2.75, 3.05) is 19.6 Å². The Labute approximate surface area is 221 Å². The predicted molar refractivity (Wildman–Crippen MR) is 136 cm³/mol. The van der Waals surface area contributed by atoms with Gasteiger partial charge in [-0.1, -0.05) is 30.3 Å². The van der Waals surface area contributed by atoms with E-state index in [9.17, 15) is 27.2 Å². The number of amides is 1. The number of aromatic nitrogens is 2. The Morgan fingerprint density at radius 3 is 2.38 bits per heavy atom. The lowest BCUT2D eigenvalue weighted by Crippen LogP contribution is -2.45. The maximum absolute atomic E-state index is 13.7. The molecular weight excluding hydrogens is 520 g/mol. The van der Waals surface area contributed by atoms with E-state index in [1.165, 1.54) is 17.7 Å². The molecule has 1 aliphatic heterocycles. The van der Waals surface area contributed by atoms with Gasteiger partial charge in [0.25, 0.3) is 0 Å². The number of hydrogen-bond donors (Lipinski definition) is 3. The van der Waals surface area contributed by atoms with E-state index in [1.54, 1.807) is 10.6 Å². The van der Waals surface area contributed by atoms with E-state index in [2.05, 4.69) is 34.3 Å². The van der Waals surface area contributed by atoms with Crippen molar-refractivity contribution in [2.24, 2.45) is 5.92 Å². The molecule has 0 unspecified atom stereocenters. The summed E-state index contributed by atoms with van der Waals surface area (Å²) in [6.45, 7) is 4.53. The van der Waals surface area contributed by atoms with Crippen LogP contribution in [0.3, 0.4) is 0 Å².